The second-order valence-corrected chi connectivity index (χ2v) is 6.54. The molecule has 0 bridgehead atoms. The number of carbonyl (C=O) groups is 2. The van der Waals surface area contributed by atoms with Crippen LogP contribution in [0.1, 0.15) is 90.9 Å². The molecule has 0 aromatic rings. The summed E-state index contributed by atoms with van der Waals surface area (Å²) in [5.74, 6) is 2.69. The van der Waals surface area contributed by atoms with Crippen molar-refractivity contribution in [2.45, 2.75) is 90.9 Å². The summed E-state index contributed by atoms with van der Waals surface area (Å²) in [5.41, 5.74) is 0. The van der Waals surface area contributed by atoms with Gasteiger partial charge in [-0.15, -0.1) is 0 Å². The van der Waals surface area contributed by atoms with Crippen LogP contribution in [0.2, 0.25) is 0 Å². The summed E-state index contributed by atoms with van der Waals surface area (Å²) < 4.78 is 0. The van der Waals surface area contributed by atoms with E-state index >= 15 is 0 Å². The molecular formula is C18H32O2. The van der Waals surface area contributed by atoms with Crippen LogP contribution >= 0.6 is 0 Å². The van der Waals surface area contributed by atoms with E-state index < -0.39 is 0 Å². The quantitative estimate of drug-likeness (QED) is 0.718. The molecule has 0 atom stereocenters. The van der Waals surface area contributed by atoms with Gasteiger partial charge < -0.3 is 0 Å². The van der Waals surface area contributed by atoms with Crippen molar-refractivity contribution in [3.05, 3.63) is 0 Å². The van der Waals surface area contributed by atoms with Gasteiger partial charge in [0.25, 0.3) is 0 Å². The molecule has 2 nitrogen and oxygen atoms in total. The Kier molecular flexibility index (Phi) is 8.80. The molecular weight excluding hydrogens is 248 g/mol. The van der Waals surface area contributed by atoms with Gasteiger partial charge in [0.15, 0.2) is 0 Å². The molecule has 2 saturated carbocycles. The Morgan fingerprint density at radius 2 is 1.00 bits per heavy atom. The first-order chi connectivity index (χ1) is 9.65. The van der Waals surface area contributed by atoms with Crippen LogP contribution in [-0.2, 0) is 9.59 Å². The lowest BCUT2D eigenvalue weighted by molar-refractivity contribution is -0.121. The van der Waals surface area contributed by atoms with Crippen LogP contribution in [0.15, 0.2) is 0 Å². The number of hydrogen-bond donors (Lipinski definition) is 0. The van der Waals surface area contributed by atoms with Gasteiger partial charge >= 0.3 is 0 Å². The summed E-state index contributed by atoms with van der Waals surface area (Å²) in [4.78, 5) is 21.6. The van der Waals surface area contributed by atoms with Crippen LogP contribution in [0, 0.1) is 11.8 Å². The van der Waals surface area contributed by atoms with E-state index in [1.165, 1.54) is 25.7 Å². The highest BCUT2D eigenvalue weighted by Gasteiger charge is 2.17. The molecule has 2 rings (SSSR count). The first-order valence-corrected chi connectivity index (χ1v) is 8.69. The minimum atomic E-state index is 0.479. The van der Waals surface area contributed by atoms with Gasteiger partial charge in [-0.25, -0.2) is 0 Å². The molecule has 0 radical (unpaired) electrons. The van der Waals surface area contributed by atoms with Crippen LogP contribution < -0.4 is 0 Å². The average molecular weight is 280 g/mol. The van der Waals surface area contributed by atoms with Crippen LogP contribution in [0.5, 0.6) is 0 Å². The van der Waals surface area contributed by atoms with E-state index in [1.807, 2.05) is 0 Å². The SMILES string of the molecule is CCCC1CCC(=O)CC1.CCCC1CCC(=O)CC1. The van der Waals surface area contributed by atoms with Gasteiger partial charge in [-0.05, 0) is 37.5 Å². The summed E-state index contributed by atoms with van der Waals surface area (Å²) in [5, 5.41) is 0. The maximum atomic E-state index is 10.8. The lowest BCUT2D eigenvalue weighted by Crippen LogP contribution is -2.13. The predicted octanol–water partition coefficient (Wildman–Crippen LogP) is 5.09. The van der Waals surface area contributed by atoms with Crippen molar-refractivity contribution in [3.63, 3.8) is 0 Å². The zero-order chi connectivity index (χ0) is 14.8. The van der Waals surface area contributed by atoms with E-state index in [1.54, 1.807) is 0 Å². The van der Waals surface area contributed by atoms with Gasteiger partial charge in [-0.1, -0.05) is 39.5 Å². The van der Waals surface area contributed by atoms with Crippen molar-refractivity contribution in [3.8, 4) is 0 Å². The monoisotopic (exact) mass is 280 g/mol. The standard InChI is InChI=1S/2C9H16O/c2*1-2-3-8-4-6-9(10)7-5-8/h2*8H,2-7H2,1H3. The Morgan fingerprint density at radius 1 is 0.700 bits per heavy atom. The van der Waals surface area contributed by atoms with Gasteiger partial charge in [-0.3, -0.25) is 9.59 Å². The highest BCUT2D eigenvalue weighted by Crippen LogP contribution is 2.25. The Bertz CT molecular complexity index is 246. The summed E-state index contributed by atoms with van der Waals surface area (Å²) >= 11 is 0. The second-order valence-electron chi connectivity index (χ2n) is 6.54. The molecule has 0 N–H and O–H groups in total. The van der Waals surface area contributed by atoms with Gasteiger partial charge in [0.05, 0.1) is 0 Å². The van der Waals surface area contributed by atoms with Crippen molar-refractivity contribution in [1.82, 2.24) is 0 Å². The molecule has 2 aliphatic carbocycles. The summed E-state index contributed by atoms with van der Waals surface area (Å²) in [7, 11) is 0. The predicted molar refractivity (Wildman–Crippen MR) is 83.7 cm³/mol. The number of carbonyl (C=O) groups excluding carboxylic acids is 2. The van der Waals surface area contributed by atoms with E-state index in [0.29, 0.717) is 11.6 Å². The highest BCUT2D eigenvalue weighted by molar-refractivity contribution is 5.79. The summed E-state index contributed by atoms with van der Waals surface area (Å²) in [6, 6.07) is 0. The highest BCUT2D eigenvalue weighted by atomic mass is 16.1. The third-order valence-electron chi connectivity index (χ3n) is 4.72. The number of Topliss-reactive ketones (excluding diaryl/α,β-unsaturated/α-hetero) is 2. The Hall–Kier alpha value is -0.660. The zero-order valence-corrected chi connectivity index (χ0v) is 13.5. The maximum absolute atomic E-state index is 10.8. The van der Waals surface area contributed by atoms with E-state index in [9.17, 15) is 9.59 Å². The minimum Gasteiger partial charge on any atom is -0.300 e. The molecule has 2 fully saturated rings. The molecule has 2 aliphatic rings. The molecule has 0 heterocycles. The molecule has 0 aromatic heterocycles. The Balaban J connectivity index is 0.000000200. The molecule has 0 unspecified atom stereocenters. The third-order valence-corrected chi connectivity index (χ3v) is 4.72. The smallest absolute Gasteiger partial charge is 0.132 e. The van der Waals surface area contributed by atoms with E-state index in [2.05, 4.69) is 13.8 Å². The Morgan fingerprint density at radius 3 is 1.25 bits per heavy atom. The van der Waals surface area contributed by atoms with Crippen molar-refractivity contribution in [1.29, 1.82) is 0 Å². The van der Waals surface area contributed by atoms with Crippen LogP contribution in [0.4, 0.5) is 0 Å². The van der Waals surface area contributed by atoms with E-state index in [-0.39, 0.29) is 0 Å². The van der Waals surface area contributed by atoms with E-state index in [4.69, 9.17) is 0 Å². The molecule has 20 heavy (non-hydrogen) atoms. The molecule has 0 amide bonds. The molecule has 116 valence electrons. The van der Waals surface area contributed by atoms with Gasteiger partial charge in [0, 0.05) is 25.7 Å². The van der Waals surface area contributed by atoms with Crippen molar-refractivity contribution < 1.29 is 9.59 Å². The van der Waals surface area contributed by atoms with E-state index in [0.717, 1.165) is 63.2 Å². The second kappa shape index (κ2) is 10.1. The average Bonchev–Trinajstić information content (AvgIpc) is 2.45. The first-order valence-electron chi connectivity index (χ1n) is 8.69. The number of ketones is 2. The molecule has 0 aromatic carbocycles. The fourth-order valence-corrected chi connectivity index (χ4v) is 3.39. The summed E-state index contributed by atoms with van der Waals surface area (Å²) in [6.07, 6.45) is 13.3. The lowest BCUT2D eigenvalue weighted by atomic mass is 9.86. The van der Waals surface area contributed by atoms with Gasteiger partial charge in [0.1, 0.15) is 11.6 Å². The van der Waals surface area contributed by atoms with Crippen molar-refractivity contribution >= 4 is 11.6 Å². The Labute approximate surface area is 124 Å². The fraction of sp³-hybridized carbons (Fsp3) is 0.889. The zero-order valence-electron chi connectivity index (χ0n) is 13.5. The van der Waals surface area contributed by atoms with Crippen molar-refractivity contribution in [2.75, 3.05) is 0 Å². The minimum absolute atomic E-state index is 0.479. The lowest BCUT2D eigenvalue weighted by Gasteiger charge is -2.19. The topological polar surface area (TPSA) is 34.1 Å². The van der Waals surface area contributed by atoms with Gasteiger partial charge in [0.2, 0.25) is 0 Å². The van der Waals surface area contributed by atoms with Crippen LogP contribution in [0.3, 0.4) is 0 Å². The van der Waals surface area contributed by atoms with Crippen LogP contribution in [0.25, 0.3) is 0 Å². The first kappa shape index (κ1) is 17.4. The fourth-order valence-electron chi connectivity index (χ4n) is 3.39. The van der Waals surface area contributed by atoms with Crippen LogP contribution in [-0.4, -0.2) is 11.6 Å². The largest absolute Gasteiger partial charge is 0.300 e. The van der Waals surface area contributed by atoms with Crippen molar-refractivity contribution in [2.24, 2.45) is 11.8 Å². The molecule has 0 spiro atoms. The molecule has 0 saturated heterocycles. The number of rotatable bonds is 4. The van der Waals surface area contributed by atoms with Gasteiger partial charge in [-0.2, -0.15) is 0 Å². The third kappa shape index (κ3) is 7.21. The number of hydrogen-bond acceptors (Lipinski definition) is 2. The molecule has 0 aliphatic heterocycles. The maximum Gasteiger partial charge on any atom is 0.132 e. The molecule has 2 heteroatoms. The normalized spacial score (nSPS) is 21.5. The summed E-state index contributed by atoms with van der Waals surface area (Å²) in [6.45, 7) is 4.44.